The minimum Gasteiger partial charge on any atom is -0.409 e. The number of rotatable bonds is 2. The predicted octanol–water partition coefficient (Wildman–Crippen LogP) is 1.41. The van der Waals surface area contributed by atoms with Crippen molar-refractivity contribution >= 4 is 23.1 Å². The average molecular weight is 253 g/mol. The highest BCUT2D eigenvalue weighted by Gasteiger charge is 2.32. The van der Waals surface area contributed by atoms with Crippen molar-refractivity contribution in [3.63, 3.8) is 0 Å². The van der Waals surface area contributed by atoms with Gasteiger partial charge in [0.2, 0.25) is 0 Å². The lowest BCUT2D eigenvalue weighted by molar-refractivity contribution is 0.0772. The molecule has 0 radical (unpaired) electrons. The van der Waals surface area contributed by atoms with Crippen LogP contribution in [0.1, 0.15) is 27.4 Å². The molecule has 1 saturated heterocycles. The summed E-state index contributed by atoms with van der Waals surface area (Å²) < 4.78 is 0. The number of oxime groups is 1. The maximum Gasteiger partial charge on any atom is 0.264 e. The van der Waals surface area contributed by atoms with Crippen molar-refractivity contribution in [1.82, 2.24) is 4.90 Å². The van der Waals surface area contributed by atoms with E-state index in [4.69, 9.17) is 10.9 Å². The number of carbonyl (C=O) groups excluding carboxylic acids is 1. The van der Waals surface area contributed by atoms with E-state index in [1.54, 1.807) is 4.90 Å². The summed E-state index contributed by atoms with van der Waals surface area (Å²) in [5.41, 5.74) is 5.60. The fourth-order valence-corrected chi connectivity index (χ4v) is 2.90. The Hall–Kier alpha value is -1.56. The quantitative estimate of drug-likeness (QED) is 0.362. The van der Waals surface area contributed by atoms with Gasteiger partial charge in [-0.25, -0.2) is 0 Å². The van der Waals surface area contributed by atoms with Gasteiger partial charge in [0.15, 0.2) is 5.84 Å². The second-order valence-corrected chi connectivity index (χ2v) is 5.38. The monoisotopic (exact) mass is 253 g/mol. The first-order chi connectivity index (χ1) is 8.13. The Morgan fingerprint density at radius 1 is 1.65 bits per heavy atom. The van der Waals surface area contributed by atoms with Crippen LogP contribution in [0.2, 0.25) is 0 Å². The predicted molar refractivity (Wildman–Crippen MR) is 66.5 cm³/mol. The Morgan fingerprint density at radius 2 is 2.41 bits per heavy atom. The zero-order valence-corrected chi connectivity index (χ0v) is 10.4. The fourth-order valence-electron chi connectivity index (χ4n) is 2.07. The van der Waals surface area contributed by atoms with Gasteiger partial charge < -0.3 is 15.8 Å². The summed E-state index contributed by atoms with van der Waals surface area (Å²) in [5.74, 6) is 0.0846. The van der Waals surface area contributed by atoms with Gasteiger partial charge >= 0.3 is 0 Å². The molecule has 6 heteroatoms. The van der Waals surface area contributed by atoms with Crippen LogP contribution in [0, 0.1) is 6.92 Å². The van der Waals surface area contributed by atoms with Crippen molar-refractivity contribution in [1.29, 1.82) is 0 Å². The number of amides is 1. The topological polar surface area (TPSA) is 78.9 Å². The molecule has 92 valence electrons. The summed E-state index contributed by atoms with van der Waals surface area (Å²) >= 11 is 1.47. The first kappa shape index (κ1) is 11.9. The summed E-state index contributed by atoms with van der Waals surface area (Å²) in [4.78, 5) is 15.7. The Bertz CT molecular complexity index is 455. The van der Waals surface area contributed by atoms with Crippen LogP contribution in [-0.2, 0) is 0 Å². The van der Waals surface area contributed by atoms with E-state index in [0.717, 1.165) is 17.7 Å². The highest BCUT2D eigenvalue weighted by Crippen LogP contribution is 2.23. The summed E-state index contributed by atoms with van der Waals surface area (Å²) in [6.07, 6.45) is 1.64. The Morgan fingerprint density at radius 3 is 3.00 bits per heavy atom. The van der Waals surface area contributed by atoms with Gasteiger partial charge in [-0.1, -0.05) is 5.16 Å². The first-order valence-electron chi connectivity index (χ1n) is 5.48. The average Bonchev–Trinajstić information content (AvgIpc) is 2.95. The molecular formula is C11H15N3O2S. The number of nitrogens with two attached hydrogens (primary N) is 1. The lowest BCUT2D eigenvalue weighted by Crippen LogP contribution is -2.43. The van der Waals surface area contributed by atoms with E-state index >= 15 is 0 Å². The molecular weight excluding hydrogens is 238 g/mol. The molecule has 1 fully saturated rings. The molecule has 2 rings (SSSR count). The van der Waals surface area contributed by atoms with Gasteiger partial charge in [-0.3, -0.25) is 4.79 Å². The van der Waals surface area contributed by atoms with Crippen LogP contribution < -0.4 is 5.73 Å². The number of aryl methyl sites for hydroxylation is 1. The molecule has 1 aliphatic rings. The Balaban J connectivity index is 2.19. The molecule has 0 aliphatic carbocycles. The maximum absolute atomic E-state index is 12.2. The van der Waals surface area contributed by atoms with Gasteiger partial charge in [0, 0.05) is 11.4 Å². The number of hydrogen-bond acceptors (Lipinski definition) is 4. The fraction of sp³-hybridized carbons (Fsp3) is 0.455. The molecule has 0 aromatic carbocycles. The number of carbonyl (C=O) groups is 1. The molecule has 1 unspecified atom stereocenters. The van der Waals surface area contributed by atoms with Crippen molar-refractivity contribution < 1.29 is 10.0 Å². The molecule has 0 bridgehead atoms. The van der Waals surface area contributed by atoms with Crippen molar-refractivity contribution in [2.45, 2.75) is 25.8 Å². The Kier molecular flexibility index (Phi) is 3.33. The molecule has 1 amide bonds. The first-order valence-corrected chi connectivity index (χ1v) is 6.30. The zero-order valence-electron chi connectivity index (χ0n) is 9.59. The molecule has 2 heterocycles. The van der Waals surface area contributed by atoms with E-state index in [2.05, 4.69) is 5.16 Å². The molecule has 0 spiro atoms. The molecule has 3 N–H and O–H groups in total. The molecule has 17 heavy (non-hydrogen) atoms. The van der Waals surface area contributed by atoms with Gasteiger partial charge in [-0.2, -0.15) is 0 Å². The largest absolute Gasteiger partial charge is 0.409 e. The second-order valence-electron chi connectivity index (χ2n) is 4.09. The van der Waals surface area contributed by atoms with E-state index in [1.165, 1.54) is 11.3 Å². The van der Waals surface area contributed by atoms with Crippen LogP contribution >= 0.6 is 11.3 Å². The van der Waals surface area contributed by atoms with Gasteiger partial charge in [0.25, 0.3) is 5.91 Å². The molecule has 1 aromatic heterocycles. The number of likely N-dealkylation sites (tertiary alicyclic amines) is 1. The minimum absolute atomic E-state index is 0.0304. The molecule has 1 aliphatic heterocycles. The third-order valence-electron chi connectivity index (χ3n) is 2.92. The normalized spacial score (nSPS) is 20.9. The summed E-state index contributed by atoms with van der Waals surface area (Å²) in [6, 6.07) is 3.48. The van der Waals surface area contributed by atoms with Crippen LogP contribution in [0.4, 0.5) is 0 Å². The molecule has 0 saturated carbocycles. The number of nitrogens with zero attached hydrogens (tertiary/aromatic N) is 2. The lowest BCUT2D eigenvalue weighted by Gasteiger charge is -2.22. The van der Waals surface area contributed by atoms with E-state index in [-0.39, 0.29) is 17.8 Å². The molecule has 5 nitrogen and oxygen atoms in total. The van der Waals surface area contributed by atoms with E-state index in [0.29, 0.717) is 11.4 Å². The highest BCUT2D eigenvalue weighted by molar-refractivity contribution is 7.13. The van der Waals surface area contributed by atoms with Crippen molar-refractivity contribution in [2.75, 3.05) is 6.54 Å². The van der Waals surface area contributed by atoms with E-state index < -0.39 is 0 Å². The van der Waals surface area contributed by atoms with E-state index in [9.17, 15) is 4.79 Å². The minimum atomic E-state index is -0.269. The SMILES string of the molecule is Cc1ccc(C(=O)N2CCCC2C(N)=NO)s1. The van der Waals surface area contributed by atoms with E-state index in [1.807, 2.05) is 19.1 Å². The number of hydrogen-bond donors (Lipinski definition) is 2. The molecule has 1 atom stereocenters. The van der Waals surface area contributed by atoms with Crippen LogP contribution in [0.5, 0.6) is 0 Å². The van der Waals surface area contributed by atoms with Crippen LogP contribution in [-0.4, -0.2) is 34.4 Å². The van der Waals surface area contributed by atoms with Crippen molar-refractivity contribution in [2.24, 2.45) is 10.9 Å². The van der Waals surface area contributed by atoms with Gasteiger partial charge in [-0.15, -0.1) is 11.3 Å². The maximum atomic E-state index is 12.2. The van der Waals surface area contributed by atoms with Crippen LogP contribution in [0.3, 0.4) is 0 Å². The number of amidine groups is 1. The van der Waals surface area contributed by atoms with Crippen molar-refractivity contribution in [3.8, 4) is 0 Å². The van der Waals surface area contributed by atoms with Gasteiger partial charge in [-0.05, 0) is 31.9 Å². The van der Waals surface area contributed by atoms with Crippen LogP contribution in [0.15, 0.2) is 17.3 Å². The molecule has 1 aromatic rings. The van der Waals surface area contributed by atoms with Crippen molar-refractivity contribution in [3.05, 3.63) is 21.9 Å². The van der Waals surface area contributed by atoms with Crippen LogP contribution in [0.25, 0.3) is 0 Å². The summed E-state index contributed by atoms with van der Waals surface area (Å²) in [5, 5.41) is 11.7. The highest BCUT2D eigenvalue weighted by atomic mass is 32.1. The van der Waals surface area contributed by atoms with Gasteiger partial charge in [0.1, 0.15) is 0 Å². The smallest absolute Gasteiger partial charge is 0.264 e. The van der Waals surface area contributed by atoms with Gasteiger partial charge in [0.05, 0.1) is 10.9 Å². The third-order valence-corrected chi connectivity index (χ3v) is 3.91. The third kappa shape index (κ3) is 2.26. The summed E-state index contributed by atoms with van der Waals surface area (Å²) in [7, 11) is 0. The standard InChI is InChI=1S/C11H15N3O2S/c1-7-4-5-9(17-7)11(15)14-6-2-3-8(14)10(12)13-16/h4-5,8,16H,2-3,6H2,1H3,(H2,12,13). The Labute approximate surface area is 104 Å². The second kappa shape index (κ2) is 4.75. The summed E-state index contributed by atoms with van der Waals surface area (Å²) in [6.45, 7) is 2.63. The number of thiophene rings is 1. The zero-order chi connectivity index (χ0) is 12.4. The lowest BCUT2D eigenvalue weighted by atomic mass is 10.2.